The van der Waals surface area contributed by atoms with Crippen molar-refractivity contribution in [2.45, 2.75) is 33.7 Å². The van der Waals surface area contributed by atoms with Gasteiger partial charge in [0.2, 0.25) is 0 Å². The molecule has 1 N–H and O–H groups in total. The van der Waals surface area contributed by atoms with Crippen LogP contribution in [-0.4, -0.2) is 37.6 Å². The van der Waals surface area contributed by atoms with Crippen LogP contribution in [0.3, 0.4) is 0 Å². The number of amides is 1. The van der Waals surface area contributed by atoms with Crippen LogP contribution in [0.4, 0.5) is 5.69 Å². The number of carbonyl (C=O) groups excluding carboxylic acids is 2. The van der Waals surface area contributed by atoms with Crippen LogP contribution in [0.25, 0.3) is 5.76 Å². The normalized spacial score (nSPS) is 16.7. The Labute approximate surface area is 223 Å². The molecular formula is C31H33NO6. The van der Waals surface area contributed by atoms with E-state index in [9.17, 15) is 14.7 Å². The summed E-state index contributed by atoms with van der Waals surface area (Å²) in [4.78, 5) is 28.4. The van der Waals surface area contributed by atoms with Gasteiger partial charge in [-0.25, -0.2) is 0 Å². The largest absolute Gasteiger partial charge is 0.507 e. The smallest absolute Gasteiger partial charge is 0.300 e. The summed E-state index contributed by atoms with van der Waals surface area (Å²) >= 11 is 0. The highest BCUT2D eigenvalue weighted by atomic mass is 16.5. The van der Waals surface area contributed by atoms with E-state index >= 15 is 0 Å². The number of Topliss-reactive ketones (excluding diaryl/α,β-unsaturated/α-hetero) is 1. The number of carbonyl (C=O) groups is 2. The Morgan fingerprint density at radius 2 is 1.53 bits per heavy atom. The van der Waals surface area contributed by atoms with E-state index in [1.165, 1.54) is 4.90 Å². The second-order valence-electron chi connectivity index (χ2n) is 9.78. The van der Waals surface area contributed by atoms with E-state index in [1.807, 2.05) is 13.8 Å². The molecule has 0 radical (unpaired) electrons. The van der Waals surface area contributed by atoms with Gasteiger partial charge in [0.05, 0.1) is 32.4 Å². The standard InChI is InChI=1S/C31H33NO6/c1-18(2)17-38-24-13-9-22(10-14-24)32-28(21-7-11-23(36-5)12-8-21)27(30(34)31(32)35)29(33)25-15-20(4)26(37-6)16-19(25)3/h7-16,18,28,33H,17H2,1-6H3/b29-27+. The number of hydrogen-bond acceptors (Lipinski definition) is 6. The first-order valence-electron chi connectivity index (χ1n) is 12.5. The van der Waals surface area contributed by atoms with E-state index in [1.54, 1.807) is 74.9 Å². The van der Waals surface area contributed by atoms with Crippen molar-refractivity contribution in [2.24, 2.45) is 5.92 Å². The van der Waals surface area contributed by atoms with Gasteiger partial charge in [0.25, 0.3) is 11.7 Å². The molecule has 198 valence electrons. The molecule has 7 nitrogen and oxygen atoms in total. The third kappa shape index (κ3) is 5.09. The lowest BCUT2D eigenvalue weighted by Crippen LogP contribution is -2.29. The molecule has 1 amide bonds. The van der Waals surface area contributed by atoms with Crippen LogP contribution in [0.2, 0.25) is 0 Å². The molecule has 38 heavy (non-hydrogen) atoms. The first-order chi connectivity index (χ1) is 18.2. The number of benzene rings is 3. The fourth-order valence-corrected chi connectivity index (χ4v) is 4.58. The average Bonchev–Trinajstić information content (AvgIpc) is 3.18. The van der Waals surface area contributed by atoms with Crippen LogP contribution in [0.5, 0.6) is 17.2 Å². The number of ether oxygens (including phenoxy) is 3. The van der Waals surface area contributed by atoms with Gasteiger partial charge in [-0.2, -0.15) is 0 Å². The maximum absolute atomic E-state index is 13.5. The highest BCUT2D eigenvalue weighted by Crippen LogP contribution is 2.43. The molecule has 1 heterocycles. The summed E-state index contributed by atoms with van der Waals surface area (Å²) in [6.07, 6.45) is 0. The fraction of sp³-hybridized carbons (Fsp3) is 0.290. The highest BCUT2D eigenvalue weighted by Gasteiger charge is 2.47. The minimum Gasteiger partial charge on any atom is -0.507 e. The van der Waals surface area contributed by atoms with Crippen molar-refractivity contribution >= 4 is 23.1 Å². The number of rotatable bonds is 8. The van der Waals surface area contributed by atoms with Gasteiger partial charge in [0.15, 0.2) is 0 Å². The van der Waals surface area contributed by atoms with E-state index in [0.717, 1.165) is 11.1 Å². The lowest BCUT2D eigenvalue weighted by atomic mass is 9.93. The van der Waals surface area contributed by atoms with Gasteiger partial charge in [0.1, 0.15) is 23.0 Å². The molecule has 1 atom stereocenters. The fourth-order valence-electron chi connectivity index (χ4n) is 4.58. The van der Waals surface area contributed by atoms with Crippen molar-refractivity contribution in [1.82, 2.24) is 0 Å². The molecule has 7 heteroatoms. The summed E-state index contributed by atoms with van der Waals surface area (Å²) in [5, 5.41) is 11.5. The van der Waals surface area contributed by atoms with Gasteiger partial charge in [-0.15, -0.1) is 0 Å². The first kappa shape index (κ1) is 26.8. The number of ketones is 1. The van der Waals surface area contributed by atoms with Crippen LogP contribution in [0.15, 0.2) is 66.2 Å². The van der Waals surface area contributed by atoms with E-state index in [4.69, 9.17) is 14.2 Å². The number of hydrogen-bond donors (Lipinski definition) is 1. The summed E-state index contributed by atoms with van der Waals surface area (Å²) in [6.45, 7) is 8.38. The molecule has 0 bridgehead atoms. The molecule has 1 saturated heterocycles. The quantitative estimate of drug-likeness (QED) is 0.226. The van der Waals surface area contributed by atoms with Gasteiger partial charge in [-0.1, -0.05) is 26.0 Å². The molecule has 0 spiro atoms. The number of anilines is 1. The predicted molar refractivity (Wildman–Crippen MR) is 147 cm³/mol. The van der Waals surface area contributed by atoms with Crippen molar-refractivity contribution in [3.8, 4) is 17.2 Å². The lowest BCUT2D eigenvalue weighted by molar-refractivity contribution is -0.132. The molecule has 1 fully saturated rings. The molecule has 1 aliphatic heterocycles. The SMILES string of the molecule is COc1ccc(C2/C(=C(\O)c3cc(C)c(OC)cc3C)C(=O)C(=O)N2c2ccc(OCC(C)C)cc2)cc1. The molecule has 3 aromatic rings. The third-order valence-corrected chi connectivity index (χ3v) is 6.57. The number of methoxy groups -OCH3 is 2. The van der Waals surface area contributed by atoms with Gasteiger partial charge in [0, 0.05) is 11.3 Å². The Balaban J connectivity index is 1.86. The summed E-state index contributed by atoms with van der Waals surface area (Å²) in [6, 6.07) is 16.9. The molecule has 3 aromatic carbocycles. The number of aliphatic hydroxyl groups excluding tert-OH is 1. The third-order valence-electron chi connectivity index (χ3n) is 6.57. The van der Waals surface area contributed by atoms with E-state index in [2.05, 4.69) is 13.8 Å². The van der Waals surface area contributed by atoms with Crippen LogP contribution in [0.1, 0.15) is 42.1 Å². The minimum absolute atomic E-state index is 0.0213. The van der Waals surface area contributed by atoms with Crippen LogP contribution in [-0.2, 0) is 9.59 Å². The van der Waals surface area contributed by atoms with Gasteiger partial charge < -0.3 is 19.3 Å². The summed E-state index contributed by atoms with van der Waals surface area (Å²) in [7, 11) is 3.15. The first-order valence-corrected chi connectivity index (χ1v) is 12.5. The zero-order chi connectivity index (χ0) is 27.6. The second kappa shape index (κ2) is 11.0. The average molecular weight is 516 g/mol. The summed E-state index contributed by atoms with van der Waals surface area (Å²) in [5.41, 5.74) is 3.19. The predicted octanol–water partition coefficient (Wildman–Crippen LogP) is 5.98. The van der Waals surface area contributed by atoms with Crippen molar-refractivity contribution < 1.29 is 28.9 Å². The van der Waals surface area contributed by atoms with Gasteiger partial charge in [-0.3, -0.25) is 14.5 Å². The minimum atomic E-state index is -0.842. The number of nitrogens with zero attached hydrogens (tertiary/aromatic N) is 1. The summed E-state index contributed by atoms with van der Waals surface area (Å²) in [5.74, 6) is 0.649. The maximum Gasteiger partial charge on any atom is 0.300 e. The van der Waals surface area contributed by atoms with Crippen molar-refractivity contribution in [2.75, 3.05) is 25.7 Å². The van der Waals surface area contributed by atoms with E-state index < -0.39 is 17.7 Å². The van der Waals surface area contributed by atoms with Crippen LogP contribution < -0.4 is 19.1 Å². The zero-order valence-corrected chi connectivity index (χ0v) is 22.6. The zero-order valence-electron chi connectivity index (χ0n) is 22.6. The monoisotopic (exact) mass is 515 g/mol. The highest BCUT2D eigenvalue weighted by molar-refractivity contribution is 6.51. The van der Waals surface area contributed by atoms with E-state index in [0.29, 0.717) is 46.6 Å². The van der Waals surface area contributed by atoms with Crippen molar-refractivity contribution in [1.29, 1.82) is 0 Å². The Morgan fingerprint density at radius 1 is 0.895 bits per heavy atom. The number of aliphatic hydroxyl groups is 1. The summed E-state index contributed by atoms with van der Waals surface area (Å²) < 4.78 is 16.5. The molecule has 0 aliphatic carbocycles. The molecule has 0 saturated carbocycles. The Bertz CT molecular complexity index is 1370. The number of aryl methyl sites for hydroxylation is 2. The Hall–Kier alpha value is -4.26. The van der Waals surface area contributed by atoms with Gasteiger partial charge >= 0.3 is 0 Å². The van der Waals surface area contributed by atoms with Crippen LogP contribution in [0, 0.1) is 19.8 Å². The topological polar surface area (TPSA) is 85.3 Å². The maximum atomic E-state index is 13.5. The van der Waals surface area contributed by atoms with Crippen molar-refractivity contribution in [3.63, 3.8) is 0 Å². The molecule has 1 aliphatic rings. The molecule has 1 unspecified atom stereocenters. The van der Waals surface area contributed by atoms with Crippen molar-refractivity contribution in [3.05, 3.63) is 88.5 Å². The van der Waals surface area contributed by atoms with Crippen LogP contribution >= 0.6 is 0 Å². The molecule has 0 aromatic heterocycles. The van der Waals surface area contributed by atoms with E-state index in [-0.39, 0.29) is 11.3 Å². The Morgan fingerprint density at radius 3 is 2.11 bits per heavy atom. The molecular weight excluding hydrogens is 482 g/mol. The molecule has 4 rings (SSSR count). The second-order valence-corrected chi connectivity index (χ2v) is 9.78. The lowest BCUT2D eigenvalue weighted by Gasteiger charge is -2.26. The Kier molecular flexibility index (Phi) is 7.76. The van der Waals surface area contributed by atoms with Gasteiger partial charge in [-0.05, 0) is 85.0 Å².